The number of nitrogens with one attached hydrogen (secondary N) is 1. The van der Waals surface area contributed by atoms with Gasteiger partial charge in [-0.3, -0.25) is 13.9 Å². The highest BCUT2D eigenvalue weighted by Gasteiger charge is 2.34. The van der Waals surface area contributed by atoms with Gasteiger partial charge in [0.15, 0.2) is 0 Å². The number of ether oxygens (including phenoxy) is 2. The summed E-state index contributed by atoms with van der Waals surface area (Å²) in [6.45, 7) is 7.59. The first kappa shape index (κ1) is 33.7. The third kappa shape index (κ3) is 8.64. The normalized spacial score (nSPS) is 12.0. The summed E-state index contributed by atoms with van der Waals surface area (Å²) in [5.74, 6) is 0.360. The van der Waals surface area contributed by atoms with Crippen LogP contribution >= 0.6 is 11.6 Å². The SMILES string of the molecule is CCC(C(=O)NCC(C)C)N(Cc1ccc(OC)cc1)C(=O)CN(c1ccc(OC)c(Cl)c1)S(=O)(=O)c1ccc(C)cc1. The highest BCUT2D eigenvalue weighted by atomic mass is 35.5. The molecule has 0 bridgehead atoms. The lowest BCUT2D eigenvalue weighted by Crippen LogP contribution is -2.52. The number of methoxy groups -OCH3 is 2. The van der Waals surface area contributed by atoms with Crippen molar-refractivity contribution in [1.82, 2.24) is 10.2 Å². The summed E-state index contributed by atoms with van der Waals surface area (Å²) in [6.07, 6.45) is 0.324. The first-order valence-corrected chi connectivity index (χ1v) is 15.9. The van der Waals surface area contributed by atoms with Crippen LogP contribution in [0.1, 0.15) is 38.3 Å². The van der Waals surface area contributed by atoms with Gasteiger partial charge in [-0.05, 0) is 67.3 Å². The van der Waals surface area contributed by atoms with Gasteiger partial charge in [0, 0.05) is 13.1 Å². The first-order chi connectivity index (χ1) is 20.4. The van der Waals surface area contributed by atoms with Crippen LogP contribution in [0.25, 0.3) is 0 Å². The Labute approximate surface area is 259 Å². The lowest BCUT2D eigenvalue weighted by atomic mass is 10.1. The van der Waals surface area contributed by atoms with E-state index >= 15 is 0 Å². The average Bonchev–Trinajstić information content (AvgIpc) is 2.99. The molecule has 3 rings (SSSR count). The van der Waals surface area contributed by atoms with Gasteiger partial charge in [0.2, 0.25) is 11.8 Å². The molecule has 0 heterocycles. The molecule has 0 radical (unpaired) electrons. The van der Waals surface area contributed by atoms with Crippen LogP contribution in [0, 0.1) is 12.8 Å². The van der Waals surface area contributed by atoms with Crippen molar-refractivity contribution < 1.29 is 27.5 Å². The molecule has 3 aromatic rings. The van der Waals surface area contributed by atoms with Crippen molar-refractivity contribution in [3.8, 4) is 11.5 Å². The van der Waals surface area contributed by atoms with Crippen LogP contribution in [0.5, 0.6) is 11.5 Å². The van der Waals surface area contributed by atoms with Gasteiger partial charge in [0.05, 0.1) is 29.8 Å². The molecule has 0 aliphatic heterocycles. The van der Waals surface area contributed by atoms with Crippen molar-refractivity contribution in [2.75, 3.05) is 31.6 Å². The van der Waals surface area contributed by atoms with Crippen LogP contribution in [0.3, 0.4) is 0 Å². The summed E-state index contributed by atoms with van der Waals surface area (Å²) in [5, 5.41) is 3.11. The standard InChI is InChI=1S/C32H40ClN3O6S/c1-7-29(32(38)34-19-22(2)3)35(20-24-10-13-26(41-5)14-11-24)31(37)21-36(25-12-17-30(42-6)28(33)18-25)43(39,40)27-15-8-23(4)9-16-27/h8-18,22,29H,7,19-21H2,1-6H3,(H,34,38). The molecule has 0 spiro atoms. The highest BCUT2D eigenvalue weighted by molar-refractivity contribution is 7.92. The zero-order valence-corrected chi connectivity index (χ0v) is 27.0. The van der Waals surface area contributed by atoms with E-state index in [9.17, 15) is 18.0 Å². The average molecular weight is 630 g/mol. The van der Waals surface area contributed by atoms with E-state index < -0.39 is 28.5 Å². The largest absolute Gasteiger partial charge is 0.497 e. The molecule has 0 fully saturated rings. The fourth-order valence-electron chi connectivity index (χ4n) is 4.45. The van der Waals surface area contributed by atoms with E-state index in [1.165, 1.54) is 36.3 Å². The van der Waals surface area contributed by atoms with Crippen LogP contribution in [0.4, 0.5) is 5.69 Å². The monoisotopic (exact) mass is 629 g/mol. The van der Waals surface area contributed by atoms with E-state index in [0.29, 0.717) is 24.5 Å². The lowest BCUT2D eigenvalue weighted by Gasteiger charge is -2.33. The fourth-order valence-corrected chi connectivity index (χ4v) is 6.10. The number of hydrogen-bond acceptors (Lipinski definition) is 6. The Hall–Kier alpha value is -3.76. The van der Waals surface area contributed by atoms with Crippen molar-refractivity contribution >= 4 is 39.1 Å². The topological polar surface area (TPSA) is 105 Å². The summed E-state index contributed by atoms with van der Waals surface area (Å²) in [5.41, 5.74) is 1.82. The summed E-state index contributed by atoms with van der Waals surface area (Å²) in [7, 11) is -1.21. The molecule has 0 saturated heterocycles. The summed E-state index contributed by atoms with van der Waals surface area (Å²) >= 11 is 6.39. The number of sulfonamides is 1. The smallest absolute Gasteiger partial charge is 0.264 e. The molecule has 0 aliphatic carbocycles. The number of anilines is 1. The van der Waals surface area contributed by atoms with Gasteiger partial charge in [-0.25, -0.2) is 8.42 Å². The maximum Gasteiger partial charge on any atom is 0.264 e. The number of aryl methyl sites for hydroxylation is 1. The van der Waals surface area contributed by atoms with Crippen molar-refractivity contribution in [2.45, 2.75) is 51.6 Å². The molecule has 0 aromatic heterocycles. The van der Waals surface area contributed by atoms with Crippen molar-refractivity contribution in [1.29, 1.82) is 0 Å². The van der Waals surface area contributed by atoms with Crippen molar-refractivity contribution in [3.63, 3.8) is 0 Å². The minimum absolute atomic E-state index is 0.0151. The molecule has 43 heavy (non-hydrogen) atoms. The Kier molecular flexibility index (Phi) is 11.9. The number of benzene rings is 3. The number of amides is 2. The Morgan fingerprint density at radius 1 is 0.953 bits per heavy atom. The van der Waals surface area contributed by atoms with Gasteiger partial charge in [0.1, 0.15) is 24.1 Å². The molecule has 1 unspecified atom stereocenters. The van der Waals surface area contributed by atoms with E-state index in [1.54, 1.807) is 37.4 Å². The first-order valence-electron chi connectivity index (χ1n) is 14.0. The number of nitrogens with zero attached hydrogens (tertiary/aromatic N) is 2. The highest BCUT2D eigenvalue weighted by Crippen LogP contribution is 2.32. The Bertz CT molecular complexity index is 1490. The van der Waals surface area contributed by atoms with Crippen LogP contribution in [0.15, 0.2) is 71.6 Å². The minimum atomic E-state index is -4.22. The van der Waals surface area contributed by atoms with E-state index in [4.69, 9.17) is 21.1 Å². The molecule has 2 amide bonds. The molecular formula is C32H40ClN3O6S. The fraction of sp³-hybridized carbons (Fsp3) is 0.375. The Morgan fingerprint density at radius 3 is 2.14 bits per heavy atom. The second kappa shape index (κ2) is 15.1. The maximum atomic E-state index is 14.2. The van der Waals surface area contributed by atoms with Crippen molar-refractivity contribution in [3.05, 3.63) is 82.9 Å². The molecule has 3 aromatic carbocycles. The molecular weight excluding hydrogens is 590 g/mol. The number of carbonyl (C=O) groups excluding carboxylic acids is 2. The number of hydrogen-bond donors (Lipinski definition) is 1. The van der Waals surface area contributed by atoms with Crippen LogP contribution < -0.4 is 19.1 Å². The van der Waals surface area contributed by atoms with Gasteiger partial charge in [-0.15, -0.1) is 0 Å². The van der Waals surface area contributed by atoms with Gasteiger partial charge in [-0.1, -0.05) is 62.2 Å². The summed E-state index contributed by atoms with van der Waals surface area (Å²) < 4.78 is 39.6. The van der Waals surface area contributed by atoms with Crippen LogP contribution in [-0.2, 0) is 26.2 Å². The number of carbonyl (C=O) groups is 2. The second-order valence-corrected chi connectivity index (χ2v) is 12.8. The Balaban J connectivity index is 2.08. The van der Waals surface area contributed by atoms with E-state index in [-0.39, 0.29) is 34.0 Å². The molecule has 232 valence electrons. The predicted octanol–water partition coefficient (Wildman–Crippen LogP) is 5.44. The summed E-state index contributed by atoms with van der Waals surface area (Å²) in [6, 6.07) is 17.2. The molecule has 1 N–H and O–H groups in total. The number of rotatable bonds is 14. The molecule has 9 nitrogen and oxygen atoms in total. The van der Waals surface area contributed by atoms with Gasteiger partial charge in [-0.2, -0.15) is 0 Å². The van der Waals surface area contributed by atoms with Crippen LogP contribution in [-0.4, -0.2) is 58.5 Å². The third-order valence-electron chi connectivity index (χ3n) is 6.89. The second-order valence-electron chi connectivity index (χ2n) is 10.6. The molecule has 11 heteroatoms. The molecule has 0 saturated carbocycles. The van der Waals surface area contributed by atoms with E-state index in [0.717, 1.165) is 15.4 Å². The van der Waals surface area contributed by atoms with Gasteiger partial charge < -0.3 is 19.7 Å². The molecule has 0 aliphatic rings. The lowest BCUT2D eigenvalue weighted by molar-refractivity contribution is -0.140. The Morgan fingerprint density at radius 2 is 1.60 bits per heavy atom. The van der Waals surface area contributed by atoms with Gasteiger partial charge in [0.25, 0.3) is 10.0 Å². The zero-order valence-electron chi connectivity index (χ0n) is 25.5. The van der Waals surface area contributed by atoms with E-state index in [2.05, 4.69) is 5.32 Å². The van der Waals surface area contributed by atoms with Gasteiger partial charge >= 0.3 is 0 Å². The van der Waals surface area contributed by atoms with Crippen molar-refractivity contribution in [2.24, 2.45) is 5.92 Å². The third-order valence-corrected chi connectivity index (χ3v) is 8.98. The van der Waals surface area contributed by atoms with Crippen LogP contribution in [0.2, 0.25) is 5.02 Å². The number of halogens is 1. The molecule has 1 atom stereocenters. The zero-order chi connectivity index (χ0) is 31.7. The predicted molar refractivity (Wildman–Crippen MR) is 169 cm³/mol. The summed E-state index contributed by atoms with van der Waals surface area (Å²) in [4.78, 5) is 29.0. The minimum Gasteiger partial charge on any atom is -0.497 e. The quantitative estimate of drug-likeness (QED) is 0.255. The van der Waals surface area contributed by atoms with E-state index in [1.807, 2.05) is 39.8 Å². The maximum absolute atomic E-state index is 14.2.